The molecule has 0 fully saturated rings. The molecule has 1 amide bonds. The maximum Gasteiger partial charge on any atom is 0.257 e. The number of rotatable bonds is 10. The van der Waals surface area contributed by atoms with Crippen molar-refractivity contribution < 1.29 is 23.6 Å². The van der Waals surface area contributed by atoms with Crippen molar-refractivity contribution in [3.63, 3.8) is 0 Å². The zero-order valence-corrected chi connectivity index (χ0v) is 22.1. The first-order valence-electron chi connectivity index (χ1n) is 11.9. The van der Waals surface area contributed by atoms with Gasteiger partial charge in [-0.25, -0.2) is 0 Å². The summed E-state index contributed by atoms with van der Waals surface area (Å²) in [5.41, 5.74) is 1.26. The summed E-state index contributed by atoms with van der Waals surface area (Å²) in [7, 11) is 1.52. The third kappa shape index (κ3) is 5.71. The summed E-state index contributed by atoms with van der Waals surface area (Å²) in [6.45, 7) is 0.276. The van der Waals surface area contributed by atoms with Crippen molar-refractivity contribution in [2.45, 2.75) is 6.61 Å². The van der Waals surface area contributed by atoms with Gasteiger partial charge in [-0.3, -0.25) is 4.79 Å². The first kappa shape index (κ1) is 26.1. The number of benzene rings is 4. The molecular formula is C30H30NO5P. The predicted octanol–water partition coefficient (Wildman–Crippen LogP) is 5.33. The van der Waals surface area contributed by atoms with E-state index >= 15 is 0 Å². The van der Waals surface area contributed by atoms with E-state index in [0.29, 0.717) is 27.7 Å². The predicted molar refractivity (Wildman–Crippen MR) is 147 cm³/mol. The van der Waals surface area contributed by atoms with Crippen molar-refractivity contribution in [2.24, 2.45) is 0 Å². The van der Waals surface area contributed by atoms with Crippen LogP contribution in [0.15, 0.2) is 103 Å². The monoisotopic (exact) mass is 515 g/mol. The smallest absolute Gasteiger partial charge is 0.257 e. The van der Waals surface area contributed by atoms with E-state index < -0.39 is 7.14 Å². The van der Waals surface area contributed by atoms with Crippen molar-refractivity contribution in [3.05, 3.63) is 114 Å². The summed E-state index contributed by atoms with van der Waals surface area (Å²) in [6.07, 6.45) is 0.0231. The molecule has 0 saturated carbocycles. The maximum absolute atomic E-state index is 14.5. The lowest BCUT2D eigenvalue weighted by Gasteiger charge is -2.26. The van der Waals surface area contributed by atoms with Crippen LogP contribution in [0.3, 0.4) is 0 Å². The van der Waals surface area contributed by atoms with Gasteiger partial charge in [0, 0.05) is 17.7 Å². The number of hydrogen-bond donors (Lipinski definition) is 0. The molecule has 4 rings (SSSR count). The van der Waals surface area contributed by atoms with Crippen LogP contribution in [0.1, 0.15) is 15.9 Å². The standard InChI is InChI=1S/C30H30NO5P/c1-31(22-37(33,24-15-9-5-10-16-24)25-17-11-6-12-18-25)30(32)26-19-20-27(34-2)29(28(26)35-3)36-21-23-13-7-4-8-14-23/h4-20H,21-22H2,1-3H3. The molecule has 0 atom stereocenters. The molecule has 0 aliphatic heterocycles. The highest BCUT2D eigenvalue weighted by molar-refractivity contribution is 7.78. The van der Waals surface area contributed by atoms with E-state index in [4.69, 9.17) is 14.2 Å². The average molecular weight is 516 g/mol. The highest BCUT2D eigenvalue weighted by Crippen LogP contribution is 2.45. The molecule has 7 heteroatoms. The van der Waals surface area contributed by atoms with Gasteiger partial charge in [0.05, 0.1) is 26.1 Å². The normalized spacial score (nSPS) is 11.0. The zero-order valence-electron chi connectivity index (χ0n) is 21.2. The molecule has 4 aromatic carbocycles. The molecule has 0 spiro atoms. The maximum atomic E-state index is 14.5. The van der Waals surface area contributed by atoms with Gasteiger partial charge in [0.2, 0.25) is 5.75 Å². The lowest BCUT2D eigenvalue weighted by Crippen LogP contribution is -2.33. The van der Waals surface area contributed by atoms with Crippen LogP contribution in [0, 0.1) is 0 Å². The molecule has 0 aliphatic rings. The van der Waals surface area contributed by atoms with E-state index in [2.05, 4.69) is 0 Å². The summed E-state index contributed by atoms with van der Waals surface area (Å²) in [5.74, 6) is 0.714. The van der Waals surface area contributed by atoms with Crippen LogP contribution in [-0.4, -0.2) is 38.4 Å². The van der Waals surface area contributed by atoms with Crippen LogP contribution in [-0.2, 0) is 11.2 Å². The van der Waals surface area contributed by atoms with Crippen LogP contribution in [0.2, 0.25) is 0 Å². The van der Waals surface area contributed by atoms with Crippen LogP contribution in [0.5, 0.6) is 17.2 Å². The highest BCUT2D eigenvalue weighted by atomic mass is 31.2. The minimum absolute atomic E-state index is 0.0231. The number of amides is 1. The largest absolute Gasteiger partial charge is 0.493 e. The Labute approximate surface area is 217 Å². The van der Waals surface area contributed by atoms with Crippen molar-refractivity contribution in [3.8, 4) is 17.2 Å². The molecule has 6 nitrogen and oxygen atoms in total. The summed E-state index contributed by atoms with van der Waals surface area (Å²) in [6, 6.07) is 31.6. The minimum atomic E-state index is -3.15. The first-order chi connectivity index (χ1) is 18.0. The molecule has 37 heavy (non-hydrogen) atoms. The van der Waals surface area contributed by atoms with E-state index in [0.717, 1.165) is 5.56 Å². The zero-order chi connectivity index (χ0) is 26.3. The number of carbonyl (C=O) groups is 1. The van der Waals surface area contributed by atoms with Crippen LogP contribution in [0.25, 0.3) is 0 Å². The lowest BCUT2D eigenvalue weighted by atomic mass is 10.1. The second-order valence-corrected chi connectivity index (χ2v) is 11.3. The Hall–Kier alpha value is -4.02. The van der Waals surface area contributed by atoms with Gasteiger partial charge in [-0.05, 0) is 17.7 Å². The van der Waals surface area contributed by atoms with Gasteiger partial charge in [0.1, 0.15) is 6.61 Å². The van der Waals surface area contributed by atoms with E-state index in [-0.39, 0.29) is 24.5 Å². The van der Waals surface area contributed by atoms with Crippen LogP contribution in [0.4, 0.5) is 0 Å². The highest BCUT2D eigenvalue weighted by Gasteiger charge is 2.32. The molecule has 0 bridgehead atoms. The molecule has 0 radical (unpaired) electrons. The summed E-state index contributed by atoms with van der Waals surface area (Å²) < 4.78 is 31.7. The summed E-state index contributed by atoms with van der Waals surface area (Å²) >= 11 is 0. The van der Waals surface area contributed by atoms with Gasteiger partial charge in [-0.1, -0.05) is 91.0 Å². The van der Waals surface area contributed by atoms with E-state index in [9.17, 15) is 9.36 Å². The van der Waals surface area contributed by atoms with Gasteiger partial charge in [-0.2, -0.15) is 0 Å². The number of carbonyl (C=O) groups excluding carboxylic acids is 1. The number of ether oxygens (including phenoxy) is 3. The second-order valence-electron chi connectivity index (χ2n) is 8.51. The Kier molecular flexibility index (Phi) is 8.32. The van der Waals surface area contributed by atoms with Crippen molar-refractivity contribution in [2.75, 3.05) is 27.6 Å². The third-order valence-corrected chi connectivity index (χ3v) is 9.15. The summed E-state index contributed by atoms with van der Waals surface area (Å²) in [4.78, 5) is 15.2. The molecule has 190 valence electrons. The van der Waals surface area contributed by atoms with Crippen LogP contribution >= 0.6 is 7.14 Å². The Bertz CT molecular complexity index is 1330. The van der Waals surface area contributed by atoms with E-state index in [1.54, 1.807) is 19.2 Å². The van der Waals surface area contributed by atoms with Gasteiger partial charge >= 0.3 is 0 Å². The molecule has 0 unspecified atom stereocenters. The quantitative estimate of drug-likeness (QED) is 0.267. The second kappa shape index (κ2) is 11.8. The fourth-order valence-electron chi connectivity index (χ4n) is 4.16. The number of nitrogens with zero attached hydrogens (tertiary/aromatic N) is 1. The molecule has 0 aromatic heterocycles. The van der Waals surface area contributed by atoms with Crippen molar-refractivity contribution in [1.82, 2.24) is 4.90 Å². The first-order valence-corrected chi connectivity index (χ1v) is 13.7. The SMILES string of the molecule is COc1ccc(C(=O)N(C)CP(=O)(c2ccccc2)c2ccccc2)c(OC)c1OCc1ccccc1. The van der Waals surface area contributed by atoms with Gasteiger partial charge in [0.25, 0.3) is 5.91 Å². The fourth-order valence-corrected chi connectivity index (χ4v) is 6.82. The molecule has 0 aliphatic carbocycles. The number of hydrogen-bond acceptors (Lipinski definition) is 5. The third-order valence-electron chi connectivity index (χ3n) is 6.06. The topological polar surface area (TPSA) is 65.1 Å². The fraction of sp³-hybridized carbons (Fsp3) is 0.167. The van der Waals surface area contributed by atoms with Gasteiger partial charge < -0.3 is 23.7 Å². The molecular weight excluding hydrogens is 485 g/mol. The van der Waals surface area contributed by atoms with Crippen molar-refractivity contribution >= 4 is 23.7 Å². The van der Waals surface area contributed by atoms with Gasteiger partial charge in [-0.15, -0.1) is 0 Å². The van der Waals surface area contributed by atoms with Crippen LogP contribution < -0.4 is 24.8 Å². The van der Waals surface area contributed by atoms with Crippen molar-refractivity contribution in [1.29, 1.82) is 0 Å². The molecule has 0 heterocycles. The summed E-state index contributed by atoms with van der Waals surface area (Å²) in [5, 5.41) is 1.38. The molecule has 0 saturated heterocycles. The lowest BCUT2D eigenvalue weighted by molar-refractivity contribution is 0.0813. The van der Waals surface area contributed by atoms with E-state index in [1.165, 1.54) is 19.1 Å². The minimum Gasteiger partial charge on any atom is -0.493 e. The number of methoxy groups -OCH3 is 2. The average Bonchev–Trinajstić information content (AvgIpc) is 2.96. The Balaban J connectivity index is 1.67. The Morgan fingerprint density at radius 2 is 1.27 bits per heavy atom. The Morgan fingerprint density at radius 3 is 1.78 bits per heavy atom. The van der Waals surface area contributed by atoms with Gasteiger partial charge in [0.15, 0.2) is 18.6 Å². The molecule has 0 N–H and O–H groups in total. The molecule has 4 aromatic rings. The van der Waals surface area contributed by atoms with E-state index in [1.807, 2.05) is 91.0 Å². The Morgan fingerprint density at radius 1 is 0.730 bits per heavy atom.